The molecular weight excluding hydrogens is 346 g/mol. The highest BCUT2D eigenvalue weighted by Crippen LogP contribution is 2.16. The molecule has 1 fully saturated rings. The van der Waals surface area contributed by atoms with Gasteiger partial charge in [-0.15, -0.1) is 0 Å². The SMILES string of the molecule is NC(=O)c1ccc(OCCCN2CCC(Nc3ncccn3)C(O)C2)cc1. The fourth-order valence-corrected chi connectivity index (χ4v) is 3.10. The number of rotatable bonds is 8. The molecule has 0 bridgehead atoms. The summed E-state index contributed by atoms with van der Waals surface area (Å²) in [4.78, 5) is 21.6. The van der Waals surface area contributed by atoms with E-state index in [1.165, 1.54) is 0 Å². The average Bonchev–Trinajstić information content (AvgIpc) is 2.68. The molecule has 1 saturated heterocycles. The number of hydrogen-bond donors (Lipinski definition) is 3. The Kier molecular flexibility index (Phi) is 6.56. The van der Waals surface area contributed by atoms with Crippen LogP contribution in [-0.2, 0) is 0 Å². The van der Waals surface area contributed by atoms with Crippen LogP contribution < -0.4 is 15.8 Å². The van der Waals surface area contributed by atoms with Crippen LogP contribution in [0.3, 0.4) is 0 Å². The van der Waals surface area contributed by atoms with Crippen LogP contribution in [0.5, 0.6) is 5.75 Å². The molecule has 0 saturated carbocycles. The number of benzene rings is 1. The number of likely N-dealkylation sites (tertiary alicyclic amines) is 1. The molecule has 144 valence electrons. The molecule has 0 radical (unpaired) electrons. The third-order valence-corrected chi connectivity index (χ3v) is 4.57. The molecule has 2 aromatic rings. The van der Waals surface area contributed by atoms with Crippen molar-refractivity contribution in [3.8, 4) is 5.75 Å². The lowest BCUT2D eigenvalue weighted by molar-refractivity contribution is 0.0571. The van der Waals surface area contributed by atoms with E-state index in [-0.39, 0.29) is 6.04 Å². The highest BCUT2D eigenvalue weighted by molar-refractivity contribution is 5.92. The fourth-order valence-electron chi connectivity index (χ4n) is 3.10. The van der Waals surface area contributed by atoms with E-state index in [1.54, 1.807) is 42.7 Å². The number of ether oxygens (including phenoxy) is 1. The highest BCUT2D eigenvalue weighted by Gasteiger charge is 2.27. The van der Waals surface area contributed by atoms with Gasteiger partial charge in [0.25, 0.3) is 0 Å². The Morgan fingerprint density at radius 2 is 2.04 bits per heavy atom. The fraction of sp³-hybridized carbons (Fsp3) is 0.421. The van der Waals surface area contributed by atoms with Gasteiger partial charge in [0.05, 0.1) is 18.8 Å². The van der Waals surface area contributed by atoms with Crippen molar-refractivity contribution in [2.75, 3.05) is 31.6 Å². The van der Waals surface area contributed by atoms with Gasteiger partial charge in [-0.3, -0.25) is 4.79 Å². The molecule has 4 N–H and O–H groups in total. The van der Waals surface area contributed by atoms with Crippen molar-refractivity contribution in [2.45, 2.75) is 25.0 Å². The first-order valence-corrected chi connectivity index (χ1v) is 9.08. The summed E-state index contributed by atoms with van der Waals surface area (Å²) in [5, 5.41) is 13.6. The molecule has 0 aliphatic carbocycles. The number of nitrogens with one attached hydrogen (secondary N) is 1. The van der Waals surface area contributed by atoms with Gasteiger partial charge >= 0.3 is 0 Å². The van der Waals surface area contributed by atoms with Crippen molar-refractivity contribution in [3.05, 3.63) is 48.3 Å². The first-order valence-electron chi connectivity index (χ1n) is 9.08. The molecule has 1 amide bonds. The largest absolute Gasteiger partial charge is 0.494 e. The quantitative estimate of drug-likeness (QED) is 0.591. The molecule has 1 aliphatic heterocycles. The molecular formula is C19H25N5O3. The summed E-state index contributed by atoms with van der Waals surface area (Å²) < 4.78 is 5.69. The van der Waals surface area contributed by atoms with Gasteiger partial charge in [0.15, 0.2) is 0 Å². The van der Waals surface area contributed by atoms with Gasteiger partial charge in [0, 0.05) is 37.6 Å². The lowest BCUT2D eigenvalue weighted by Gasteiger charge is -2.36. The second-order valence-electron chi connectivity index (χ2n) is 6.57. The van der Waals surface area contributed by atoms with Gasteiger partial charge in [-0.05, 0) is 43.2 Å². The van der Waals surface area contributed by atoms with E-state index < -0.39 is 12.0 Å². The third kappa shape index (κ3) is 5.63. The molecule has 0 spiro atoms. The van der Waals surface area contributed by atoms with Gasteiger partial charge < -0.3 is 25.8 Å². The summed E-state index contributed by atoms with van der Waals surface area (Å²) in [7, 11) is 0. The number of aliphatic hydroxyl groups is 1. The summed E-state index contributed by atoms with van der Waals surface area (Å²) in [5.41, 5.74) is 5.68. The Bertz CT molecular complexity index is 726. The molecule has 1 aromatic heterocycles. The van der Waals surface area contributed by atoms with E-state index in [2.05, 4.69) is 20.2 Å². The summed E-state index contributed by atoms with van der Waals surface area (Å²) >= 11 is 0. The van der Waals surface area contributed by atoms with Crippen molar-refractivity contribution in [2.24, 2.45) is 5.73 Å². The minimum Gasteiger partial charge on any atom is -0.494 e. The maximum absolute atomic E-state index is 11.0. The van der Waals surface area contributed by atoms with Gasteiger partial charge in [0.1, 0.15) is 5.75 Å². The normalized spacial score (nSPS) is 20.2. The maximum Gasteiger partial charge on any atom is 0.248 e. The van der Waals surface area contributed by atoms with Crippen LogP contribution in [0.25, 0.3) is 0 Å². The van der Waals surface area contributed by atoms with Crippen molar-refractivity contribution in [1.29, 1.82) is 0 Å². The van der Waals surface area contributed by atoms with Crippen LogP contribution in [0.2, 0.25) is 0 Å². The zero-order valence-electron chi connectivity index (χ0n) is 15.1. The second kappa shape index (κ2) is 9.29. The van der Waals surface area contributed by atoms with Crippen LogP contribution in [0.15, 0.2) is 42.7 Å². The van der Waals surface area contributed by atoms with E-state index >= 15 is 0 Å². The molecule has 8 nitrogen and oxygen atoms in total. The van der Waals surface area contributed by atoms with E-state index in [1.807, 2.05) is 0 Å². The van der Waals surface area contributed by atoms with Crippen molar-refractivity contribution in [1.82, 2.24) is 14.9 Å². The van der Waals surface area contributed by atoms with Crippen LogP contribution in [-0.4, -0.2) is 64.3 Å². The van der Waals surface area contributed by atoms with E-state index in [0.717, 1.165) is 25.9 Å². The zero-order chi connectivity index (χ0) is 19.1. The van der Waals surface area contributed by atoms with Gasteiger partial charge in [-0.1, -0.05) is 0 Å². The number of amides is 1. The minimum absolute atomic E-state index is 0.0383. The monoisotopic (exact) mass is 371 g/mol. The Hall–Kier alpha value is -2.71. The lowest BCUT2D eigenvalue weighted by Crippen LogP contribution is -2.50. The number of aromatic nitrogens is 2. The van der Waals surface area contributed by atoms with Crippen molar-refractivity contribution in [3.63, 3.8) is 0 Å². The van der Waals surface area contributed by atoms with Crippen molar-refractivity contribution < 1.29 is 14.6 Å². The molecule has 1 aromatic carbocycles. The second-order valence-corrected chi connectivity index (χ2v) is 6.57. The predicted molar refractivity (Wildman–Crippen MR) is 102 cm³/mol. The van der Waals surface area contributed by atoms with E-state index in [4.69, 9.17) is 10.5 Å². The highest BCUT2D eigenvalue weighted by atomic mass is 16.5. The number of carbonyl (C=O) groups excluding carboxylic acids is 1. The molecule has 27 heavy (non-hydrogen) atoms. The number of anilines is 1. The van der Waals surface area contributed by atoms with Gasteiger partial charge in [0.2, 0.25) is 11.9 Å². The summed E-state index contributed by atoms with van der Waals surface area (Å²) in [6.45, 7) is 2.93. The standard InChI is InChI=1S/C19H25N5O3/c20-18(26)14-3-5-15(6-4-14)27-12-2-10-24-11-7-16(17(25)13-24)23-19-21-8-1-9-22-19/h1,3-6,8-9,16-17,25H,2,7,10-13H2,(H2,20,26)(H,21,22,23). The first kappa shape index (κ1) is 19.1. The molecule has 2 heterocycles. The molecule has 3 rings (SSSR count). The average molecular weight is 371 g/mol. The number of carbonyl (C=O) groups is 1. The number of primary amides is 1. The summed E-state index contributed by atoms with van der Waals surface area (Å²) in [5.74, 6) is 0.813. The Morgan fingerprint density at radius 3 is 2.70 bits per heavy atom. The molecule has 8 heteroatoms. The molecule has 1 aliphatic rings. The van der Waals surface area contributed by atoms with Crippen molar-refractivity contribution >= 4 is 11.9 Å². The molecule has 2 atom stereocenters. The number of nitrogens with two attached hydrogens (primary N) is 1. The minimum atomic E-state index is -0.468. The summed E-state index contributed by atoms with van der Waals surface area (Å²) in [6.07, 6.45) is 4.57. The van der Waals surface area contributed by atoms with E-state index in [0.29, 0.717) is 30.4 Å². The molecule has 2 unspecified atom stereocenters. The third-order valence-electron chi connectivity index (χ3n) is 4.57. The first-order chi connectivity index (χ1) is 13.1. The lowest BCUT2D eigenvalue weighted by atomic mass is 10.0. The van der Waals surface area contributed by atoms with Gasteiger partial charge in [-0.25, -0.2) is 9.97 Å². The zero-order valence-corrected chi connectivity index (χ0v) is 15.1. The Balaban J connectivity index is 1.36. The maximum atomic E-state index is 11.0. The Labute approximate surface area is 158 Å². The van der Waals surface area contributed by atoms with Crippen LogP contribution >= 0.6 is 0 Å². The van der Waals surface area contributed by atoms with Crippen LogP contribution in [0.4, 0.5) is 5.95 Å². The number of hydrogen-bond acceptors (Lipinski definition) is 7. The number of aliphatic hydroxyl groups excluding tert-OH is 1. The van der Waals surface area contributed by atoms with Crippen LogP contribution in [0.1, 0.15) is 23.2 Å². The number of nitrogens with zero attached hydrogens (tertiary/aromatic N) is 3. The predicted octanol–water partition coefficient (Wildman–Crippen LogP) is 0.892. The number of β-amino-alcohol motifs (C(OH)–C–C–N with tert-alkyl or cyclic N) is 1. The smallest absolute Gasteiger partial charge is 0.248 e. The van der Waals surface area contributed by atoms with Gasteiger partial charge in [-0.2, -0.15) is 0 Å². The van der Waals surface area contributed by atoms with Crippen LogP contribution in [0, 0.1) is 0 Å². The summed E-state index contributed by atoms with van der Waals surface area (Å²) in [6, 6.07) is 8.52. The number of piperidine rings is 1. The topological polar surface area (TPSA) is 114 Å². The Morgan fingerprint density at radius 1 is 1.30 bits per heavy atom. The van der Waals surface area contributed by atoms with E-state index in [9.17, 15) is 9.90 Å².